The fraction of sp³-hybridized carbons (Fsp3) is 0.296. The molecule has 0 bridgehead atoms. The zero-order valence-electron chi connectivity index (χ0n) is 20.2. The number of benzene rings is 3. The smallest absolute Gasteiger partial charge is 0.325 e. The number of nitrogens with zero attached hydrogens (tertiary/aromatic N) is 2. The number of urea groups is 1. The van der Waals surface area contributed by atoms with E-state index in [9.17, 15) is 14.4 Å². The van der Waals surface area contributed by atoms with Gasteiger partial charge in [-0.1, -0.05) is 18.2 Å². The quantitative estimate of drug-likeness (QED) is 0.518. The number of hydrogen-bond acceptors (Lipinski definition) is 6. The molecule has 36 heavy (non-hydrogen) atoms. The van der Waals surface area contributed by atoms with Crippen LogP contribution in [-0.2, 0) is 19.9 Å². The van der Waals surface area contributed by atoms with E-state index < -0.39 is 23.4 Å². The molecule has 0 radical (unpaired) electrons. The molecule has 0 aliphatic carbocycles. The van der Waals surface area contributed by atoms with Crippen LogP contribution in [0.15, 0.2) is 60.7 Å². The van der Waals surface area contributed by atoms with Gasteiger partial charge in [0.2, 0.25) is 5.91 Å². The Labute approximate surface area is 209 Å². The van der Waals surface area contributed by atoms with E-state index >= 15 is 0 Å². The van der Waals surface area contributed by atoms with Gasteiger partial charge in [0.05, 0.1) is 20.3 Å². The van der Waals surface area contributed by atoms with Gasteiger partial charge in [-0.2, -0.15) is 0 Å². The Balaban J connectivity index is 1.26. The predicted molar refractivity (Wildman–Crippen MR) is 136 cm³/mol. The lowest BCUT2D eigenvalue weighted by Gasteiger charge is -2.28. The van der Waals surface area contributed by atoms with Crippen molar-refractivity contribution < 1.29 is 23.9 Å². The van der Waals surface area contributed by atoms with Crippen LogP contribution in [0.2, 0.25) is 0 Å². The van der Waals surface area contributed by atoms with Gasteiger partial charge in [-0.25, -0.2) is 4.79 Å². The summed E-state index contributed by atoms with van der Waals surface area (Å²) in [6.45, 7) is 4.30. The Hall–Kier alpha value is -4.11. The number of carbonyl (C=O) groups excluding carboxylic acids is 3. The van der Waals surface area contributed by atoms with Crippen LogP contribution in [0, 0.1) is 0 Å². The van der Waals surface area contributed by atoms with Crippen molar-refractivity contribution in [2.75, 3.05) is 50.2 Å². The number of carbonyl (C=O) groups is 3. The lowest BCUT2D eigenvalue weighted by molar-refractivity contribution is -0.133. The Morgan fingerprint density at radius 2 is 1.72 bits per heavy atom. The fourth-order valence-corrected chi connectivity index (χ4v) is 4.62. The fourth-order valence-electron chi connectivity index (χ4n) is 4.62. The van der Waals surface area contributed by atoms with Crippen molar-refractivity contribution in [2.24, 2.45) is 0 Å². The van der Waals surface area contributed by atoms with E-state index in [-0.39, 0.29) is 6.54 Å². The lowest BCUT2D eigenvalue weighted by Crippen LogP contribution is -2.42. The van der Waals surface area contributed by atoms with E-state index in [4.69, 9.17) is 9.47 Å². The van der Waals surface area contributed by atoms with E-state index in [1.54, 1.807) is 20.1 Å². The van der Waals surface area contributed by atoms with Crippen LogP contribution in [0.4, 0.5) is 16.2 Å². The minimum atomic E-state index is -1.27. The SMILES string of the molecule is COc1ccc2cc([C@@]3(C)NC(=O)N(CC(=O)Nc4ccc(N5CCOCC5)cc4)C3=O)ccc2c1. The van der Waals surface area contributed by atoms with E-state index in [1.165, 1.54) is 0 Å². The molecule has 3 aromatic carbocycles. The Kier molecular flexibility index (Phi) is 6.24. The summed E-state index contributed by atoms with van der Waals surface area (Å²) in [5, 5.41) is 7.40. The molecule has 2 aliphatic rings. The second-order valence-corrected chi connectivity index (χ2v) is 9.07. The molecule has 2 fully saturated rings. The summed E-state index contributed by atoms with van der Waals surface area (Å²) < 4.78 is 10.6. The molecule has 9 heteroatoms. The number of fused-ring (bicyclic) bond motifs is 1. The number of ether oxygens (including phenoxy) is 2. The third-order valence-corrected chi connectivity index (χ3v) is 6.73. The topological polar surface area (TPSA) is 100 Å². The first-order valence-corrected chi connectivity index (χ1v) is 11.8. The third-order valence-electron chi connectivity index (χ3n) is 6.73. The highest BCUT2D eigenvalue weighted by Crippen LogP contribution is 2.32. The number of imide groups is 1. The van der Waals surface area contributed by atoms with Crippen LogP contribution in [0.25, 0.3) is 10.8 Å². The third kappa shape index (κ3) is 4.45. The van der Waals surface area contributed by atoms with Crippen molar-refractivity contribution in [3.05, 3.63) is 66.2 Å². The van der Waals surface area contributed by atoms with Gasteiger partial charge in [-0.3, -0.25) is 14.5 Å². The molecule has 9 nitrogen and oxygen atoms in total. The Morgan fingerprint density at radius 3 is 2.44 bits per heavy atom. The van der Waals surface area contributed by atoms with Crippen molar-refractivity contribution >= 4 is 40.0 Å². The van der Waals surface area contributed by atoms with Gasteiger partial charge in [-0.15, -0.1) is 0 Å². The molecule has 2 saturated heterocycles. The zero-order valence-corrected chi connectivity index (χ0v) is 20.2. The molecule has 3 aromatic rings. The maximum atomic E-state index is 13.3. The number of morpholine rings is 1. The largest absolute Gasteiger partial charge is 0.497 e. The van der Waals surface area contributed by atoms with Crippen LogP contribution < -0.4 is 20.3 Å². The van der Waals surface area contributed by atoms with Crippen molar-refractivity contribution in [2.45, 2.75) is 12.5 Å². The molecular formula is C27H28N4O5. The molecule has 5 rings (SSSR count). The van der Waals surface area contributed by atoms with E-state index in [0.29, 0.717) is 24.5 Å². The number of rotatable bonds is 6. The second kappa shape index (κ2) is 9.50. The number of anilines is 2. The van der Waals surface area contributed by atoms with Crippen molar-refractivity contribution in [3.8, 4) is 5.75 Å². The number of amides is 4. The monoisotopic (exact) mass is 488 g/mol. The summed E-state index contributed by atoms with van der Waals surface area (Å²) in [4.78, 5) is 41.9. The number of nitrogens with one attached hydrogen (secondary N) is 2. The summed E-state index contributed by atoms with van der Waals surface area (Å²) in [6.07, 6.45) is 0. The highest BCUT2D eigenvalue weighted by atomic mass is 16.5. The second-order valence-electron chi connectivity index (χ2n) is 9.07. The normalized spacial score (nSPS) is 19.9. The molecule has 2 N–H and O–H groups in total. The van der Waals surface area contributed by atoms with Gasteiger partial charge in [0, 0.05) is 24.5 Å². The van der Waals surface area contributed by atoms with Gasteiger partial charge in [0.25, 0.3) is 5.91 Å². The average Bonchev–Trinajstić information content (AvgIpc) is 3.12. The van der Waals surface area contributed by atoms with Crippen molar-refractivity contribution in [1.29, 1.82) is 0 Å². The van der Waals surface area contributed by atoms with Crippen LogP contribution in [0.3, 0.4) is 0 Å². The average molecular weight is 489 g/mol. The van der Waals surface area contributed by atoms with Crippen LogP contribution in [0.1, 0.15) is 12.5 Å². The van der Waals surface area contributed by atoms with Gasteiger partial charge >= 0.3 is 6.03 Å². The predicted octanol–water partition coefficient (Wildman–Crippen LogP) is 3.09. The number of methoxy groups -OCH3 is 1. The van der Waals surface area contributed by atoms with Gasteiger partial charge in [0.1, 0.15) is 17.8 Å². The highest BCUT2D eigenvalue weighted by Gasteiger charge is 2.49. The molecule has 2 aliphatic heterocycles. The van der Waals surface area contributed by atoms with Gasteiger partial charge < -0.3 is 25.0 Å². The van der Waals surface area contributed by atoms with Crippen LogP contribution in [0.5, 0.6) is 5.75 Å². The van der Waals surface area contributed by atoms with Crippen LogP contribution >= 0.6 is 0 Å². The molecular weight excluding hydrogens is 460 g/mol. The summed E-state index contributed by atoms with van der Waals surface area (Å²) in [5.74, 6) is -0.190. The zero-order chi connectivity index (χ0) is 25.3. The van der Waals surface area contributed by atoms with Gasteiger partial charge in [-0.05, 0) is 65.7 Å². The Morgan fingerprint density at radius 1 is 1.03 bits per heavy atom. The first-order valence-electron chi connectivity index (χ1n) is 11.8. The Bertz CT molecular complexity index is 1320. The lowest BCUT2D eigenvalue weighted by atomic mass is 9.90. The summed E-state index contributed by atoms with van der Waals surface area (Å²) in [7, 11) is 1.61. The molecule has 0 aromatic heterocycles. The summed E-state index contributed by atoms with van der Waals surface area (Å²) in [5.41, 5.74) is 1.01. The minimum absolute atomic E-state index is 0.379. The molecule has 2 heterocycles. The molecule has 1 atom stereocenters. The molecule has 0 saturated carbocycles. The standard InChI is InChI=1S/C27H28N4O5/c1-27(20-5-3-19-16-23(35-2)10-4-18(19)15-20)25(33)31(26(34)29-27)17-24(32)28-21-6-8-22(9-7-21)30-11-13-36-14-12-30/h3-10,15-16H,11-14,17H2,1-2H3,(H,28,32)(H,29,34)/t27-/m1/s1. The van der Waals surface area contributed by atoms with Crippen molar-refractivity contribution in [1.82, 2.24) is 10.2 Å². The highest BCUT2D eigenvalue weighted by molar-refractivity contribution is 6.10. The van der Waals surface area contributed by atoms with E-state index in [0.717, 1.165) is 40.2 Å². The number of hydrogen-bond donors (Lipinski definition) is 2. The summed E-state index contributed by atoms with van der Waals surface area (Å²) in [6, 6.07) is 18.1. The minimum Gasteiger partial charge on any atom is -0.497 e. The van der Waals surface area contributed by atoms with E-state index in [1.807, 2.05) is 54.6 Å². The van der Waals surface area contributed by atoms with E-state index in [2.05, 4.69) is 15.5 Å². The van der Waals surface area contributed by atoms with Crippen LogP contribution in [-0.4, -0.2) is 62.7 Å². The molecule has 186 valence electrons. The maximum Gasteiger partial charge on any atom is 0.325 e. The van der Waals surface area contributed by atoms with Crippen molar-refractivity contribution in [3.63, 3.8) is 0 Å². The maximum absolute atomic E-state index is 13.3. The van der Waals surface area contributed by atoms with Gasteiger partial charge in [0.15, 0.2) is 0 Å². The first-order chi connectivity index (χ1) is 17.4. The first kappa shape index (κ1) is 23.6. The molecule has 0 spiro atoms. The molecule has 4 amide bonds. The summed E-state index contributed by atoms with van der Waals surface area (Å²) >= 11 is 0. The molecule has 0 unspecified atom stereocenters.